The number of nitrogens with zero attached hydrogens (tertiary/aromatic N) is 2. The third-order valence-corrected chi connectivity index (χ3v) is 6.18. The van der Waals surface area contributed by atoms with E-state index in [0.717, 1.165) is 23.4 Å². The monoisotopic (exact) mass is 338 g/mol. The number of hydrogen-bond acceptors (Lipinski definition) is 3. The van der Waals surface area contributed by atoms with Crippen LogP contribution in [0.25, 0.3) is 0 Å². The maximum absolute atomic E-state index is 13.1. The fraction of sp³-hybridized carbons (Fsp3) is 0.263. The Kier molecular flexibility index (Phi) is 3.42. The second-order valence-corrected chi connectivity index (χ2v) is 7.23. The van der Waals surface area contributed by atoms with Crippen molar-refractivity contribution < 1.29 is 9.59 Å². The number of fused-ring (bicyclic) bond motifs is 2. The summed E-state index contributed by atoms with van der Waals surface area (Å²) in [5.41, 5.74) is 3.76. The molecule has 0 saturated carbocycles. The zero-order valence-corrected chi connectivity index (χ0v) is 14.5. The average Bonchev–Trinajstić information content (AvgIpc) is 3.07. The molecule has 2 aromatic rings. The van der Waals surface area contributed by atoms with Crippen LogP contribution in [-0.4, -0.2) is 24.6 Å². The normalized spacial score (nSPS) is 22.6. The molecule has 0 radical (unpaired) electrons. The number of benzene rings is 2. The molecular formula is C19H18N2O2S. The van der Waals surface area contributed by atoms with Gasteiger partial charge in [-0.15, -0.1) is 11.8 Å². The lowest BCUT2D eigenvalue weighted by atomic mass is 10.0. The summed E-state index contributed by atoms with van der Waals surface area (Å²) in [5, 5.41) is 0. The number of rotatable bonds is 2. The summed E-state index contributed by atoms with van der Waals surface area (Å²) >= 11 is 1.41. The van der Waals surface area contributed by atoms with Crippen molar-refractivity contribution in [3.8, 4) is 0 Å². The van der Waals surface area contributed by atoms with Crippen molar-refractivity contribution in [2.75, 3.05) is 22.6 Å². The SMILES string of the molecule is CCc1ccc(N2C(=O)CSC23C(=O)N(C)c2ccccc23)cc1. The lowest BCUT2D eigenvalue weighted by molar-refractivity contribution is -0.123. The molecule has 4 nitrogen and oxygen atoms in total. The van der Waals surface area contributed by atoms with Crippen molar-refractivity contribution in [2.45, 2.75) is 18.2 Å². The van der Waals surface area contributed by atoms with Crippen LogP contribution < -0.4 is 9.80 Å². The first kappa shape index (κ1) is 15.3. The summed E-state index contributed by atoms with van der Waals surface area (Å²) < 4.78 is 0. The van der Waals surface area contributed by atoms with Gasteiger partial charge in [0.25, 0.3) is 5.91 Å². The van der Waals surface area contributed by atoms with E-state index in [0.29, 0.717) is 5.75 Å². The number of aryl methyl sites for hydroxylation is 1. The molecule has 0 bridgehead atoms. The van der Waals surface area contributed by atoms with E-state index >= 15 is 0 Å². The number of thioether (sulfide) groups is 1. The number of carbonyl (C=O) groups excluding carboxylic acids is 2. The maximum atomic E-state index is 13.1. The molecule has 0 aliphatic carbocycles. The second-order valence-electron chi connectivity index (χ2n) is 6.06. The number of anilines is 2. The molecule has 4 rings (SSSR count). The van der Waals surface area contributed by atoms with Crippen molar-refractivity contribution in [2.24, 2.45) is 0 Å². The lowest BCUT2D eigenvalue weighted by Crippen LogP contribution is -2.49. The molecule has 1 saturated heterocycles. The predicted octanol–water partition coefficient (Wildman–Crippen LogP) is 3.16. The van der Waals surface area contributed by atoms with Crippen molar-refractivity contribution >= 4 is 35.0 Å². The van der Waals surface area contributed by atoms with Gasteiger partial charge in [-0.05, 0) is 30.2 Å². The molecule has 122 valence electrons. The lowest BCUT2D eigenvalue weighted by Gasteiger charge is -2.33. The van der Waals surface area contributed by atoms with Crippen molar-refractivity contribution in [1.29, 1.82) is 0 Å². The van der Waals surface area contributed by atoms with Crippen LogP contribution in [-0.2, 0) is 20.9 Å². The molecule has 0 aromatic heterocycles. The highest BCUT2D eigenvalue weighted by atomic mass is 32.2. The summed E-state index contributed by atoms with van der Waals surface area (Å²) in [6.45, 7) is 2.10. The van der Waals surface area contributed by atoms with Gasteiger partial charge >= 0.3 is 0 Å². The van der Waals surface area contributed by atoms with Gasteiger partial charge in [0.1, 0.15) is 0 Å². The van der Waals surface area contributed by atoms with Crippen LogP contribution in [0.3, 0.4) is 0 Å². The predicted molar refractivity (Wildman–Crippen MR) is 97.3 cm³/mol. The first-order valence-electron chi connectivity index (χ1n) is 8.03. The third kappa shape index (κ3) is 1.88. The minimum atomic E-state index is -0.976. The summed E-state index contributed by atoms with van der Waals surface area (Å²) in [6.07, 6.45) is 0.943. The third-order valence-electron chi connectivity index (χ3n) is 4.80. The van der Waals surface area contributed by atoms with Crippen molar-refractivity contribution in [1.82, 2.24) is 0 Å². The summed E-state index contributed by atoms with van der Waals surface area (Å²) in [5.74, 6) is 0.227. The Labute approximate surface area is 145 Å². The van der Waals surface area contributed by atoms with Crippen LogP contribution in [0.15, 0.2) is 48.5 Å². The van der Waals surface area contributed by atoms with Crippen LogP contribution in [0.1, 0.15) is 18.1 Å². The molecule has 1 unspecified atom stereocenters. The molecule has 2 aliphatic rings. The van der Waals surface area contributed by atoms with Crippen molar-refractivity contribution in [3.63, 3.8) is 0 Å². The number of likely N-dealkylation sites (N-methyl/N-ethyl adjacent to an activating group) is 1. The van der Waals surface area contributed by atoms with E-state index in [1.807, 2.05) is 48.5 Å². The largest absolute Gasteiger partial charge is 0.312 e. The van der Waals surface area contributed by atoms with Crippen LogP contribution in [0.5, 0.6) is 0 Å². The average molecular weight is 338 g/mol. The fourth-order valence-electron chi connectivity index (χ4n) is 3.54. The molecule has 2 heterocycles. The molecule has 24 heavy (non-hydrogen) atoms. The summed E-state index contributed by atoms with van der Waals surface area (Å²) in [4.78, 5) is 28.2. The van der Waals surface area contributed by atoms with Gasteiger partial charge in [0.2, 0.25) is 10.8 Å². The highest BCUT2D eigenvalue weighted by Crippen LogP contribution is 2.55. The van der Waals surface area contributed by atoms with Gasteiger partial charge in [-0.2, -0.15) is 0 Å². The molecule has 0 N–H and O–H groups in total. The quantitative estimate of drug-likeness (QED) is 0.844. The Hall–Kier alpha value is -2.27. The Morgan fingerprint density at radius 2 is 1.79 bits per heavy atom. The van der Waals surface area contributed by atoms with E-state index in [1.165, 1.54) is 17.3 Å². The van der Waals surface area contributed by atoms with E-state index in [1.54, 1.807) is 16.8 Å². The number of para-hydroxylation sites is 1. The minimum Gasteiger partial charge on any atom is -0.312 e. The van der Waals surface area contributed by atoms with Crippen molar-refractivity contribution in [3.05, 3.63) is 59.7 Å². The first-order valence-corrected chi connectivity index (χ1v) is 9.01. The highest BCUT2D eigenvalue weighted by molar-refractivity contribution is 8.02. The molecule has 2 aliphatic heterocycles. The van der Waals surface area contributed by atoms with Gasteiger partial charge in [0.05, 0.1) is 11.4 Å². The van der Waals surface area contributed by atoms with E-state index < -0.39 is 4.87 Å². The van der Waals surface area contributed by atoms with E-state index in [9.17, 15) is 9.59 Å². The summed E-state index contributed by atoms with van der Waals surface area (Å²) in [7, 11) is 1.78. The number of hydrogen-bond donors (Lipinski definition) is 0. The van der Waals surface area contributed by atoms with Gasteiger partial charge in [-0.25, -0.2) is 0 Å². The Morgan fingerprint density at radius 1 is 1.08 bits per heavy atom. The van der Waals surface area contributed by atoms with Gasteiger partial charge in [-0.1, -0.05) is 37.3 Å². The standard InChI is InChI=1S/C19H18N2O2S/c1-3-13-8-10-14(11-9-13)21-17(22)12-24-19(21)15-6-4-5-7-16(15)20(2)18(19)23/h4-11H,3,12H2,1-2H3. The minimum absolute atomic E-state index is 0.0253. The molecular weight excluding hydrogens is 320 g/mol. The van der Waals surface area contributed by atoms with Gasteiger partial charge in [0.15, 0.2) is 0 Å². The van der Waals surface area contributed by atoms with Crippen LogP contribution in [0.4, 0.5) is 11.4 Å². The van der Waals surface area contributed by atoms with E-state index in [2.05, 4.69) is 6.92 Å². The molecule has 5 heteroatoms. The Balaban J connectivity index is 1.90. The molecule has 1 atom stereocenters. The topological polar surface area (TPSA) is 40.6 Å². The molecule has 1 fully saturated rings. The molecule has 2 amide bonds. The van der Waals surface area contributed by atoms with Crippen LogP contribution >= 0.6 is 11.8 Å². The Bertz CT molecular complexity index is 834. The first-order chi connectivity index (χ1) is 11.6. The zero-order chi connectivity index (χ0) is 16.9. The maximum Gasteiger partial charge on any atom is 0.268 e. The van der Waals surface area contributed by atoms with Gasteiger partial charge in [-0.3, -0.25) is 14.5 Å². The molecule has 1 spiro atoms. The van der Waals surface area contributed by atoms with E-state index in [4.69, 9.17) is 0 Å². The molecule has 2 aromatic carbocycles. The zero-order valence-electron chi connectivity index (χ0n) is 13.7. The highest BCUT2D eigenvalue weighted by Gasteiger charge is 2.60. The number of carbonyl (C=O) groups is 2. The fourth-order valence-corrected chi connectivity index (χ4v) is 4.92. The smallest absolute Gasteiger partial charge is 0.268 e. The Morgan fingerprint density at radius 3 is 2.50 bits per heavy atom. The van der Waals surface area contributed by atoms with E-state index in [-0.39, 0.29) is 11.8 Å². The van der Waals surface area contributed by atoms with Gasteiger partial charge < -0.3 is 4.90 Å². The second kappa shape index (κ2) is 5.38. The number of amides is 2. The summed E-state index contributed by atoms with van der Waals surface area (Å²) in [6, 6.07) is 15.7. The van der Waals surface area contributed by atoms with Crippen LogP contribution in [0, 0.1) is 0 Å². The van der Waals surface area contributed by atoms with Crippen LogP contribution in [0.2, 0.25) is 0 Å². The van der Waals surface area contributed by atoms with Gasteiger partial charge in [0, 0.05) is 18.3 Å².